The fourth-order valence-corrected chi connectivity index (χ4v) is 4.18. The number of benzene rings is 1. The van der Waals surface area contributed by atoms with Gasteiger partial charge in [0.2, 0.25) is 5.95 Å². The van der Waals surface area contributed by atoms with Crippen LogP contribution in [0.5, 0.6) is 0 Å². The number of rotatable bonds is 15. The predicted octanol–water partition coefficient (Wildman–Crippen LogP) is 8.16. The van der Waals surface area contributed by atoms with Gasteiger partial charge in [0.1, 0.15) is 5.82 Å². The molecule has 33 heavy (non-hydrogen) atoms. The first-order valence-corrected chi connectivity index (χ1v) is 13.0. The zero-order valence-electron chi connectivity index (χ0n) is 21.5. The quantitative estimate of drug-likeness (QED) is 0.237. The van der Waals surface area contributed by atoms with Crippen LogP contribution in [0.2, 0.25) is 0 Å². The third-order valence-electron chi connectivity index (χ3n) is 6.14. The van der Waals surface area contributed by atoms with Crippen molar-refractivity contribution in [2.45, 2.75) is 117 Å². The molecule has 6 nitrogen and oxygen atoms in total. The van der Waals surface area contributed by atoms with Gasteiger partial charge in [0.05, 0.1) is 0 Å². The number of carbonyl (C=O) groups is 1. The molecule has 2 aromatic rings. The maximum absolute atomic E-state index is 12.7. The average molecular weight is 456 g/mol. The molecule has 0 unspecified atom stereocenters. The number of hydrogen-bond donors (Lipinski definition) is 3. The molecule has 0 aliphatic rings. The van der Waals surface area contributed by atoms with Crippen LogP contribution in [0, 0.1) is 0 Å². The van der Waals surface area contributed by atoms with Crippen molar-refractivity contribution in [3.05, 3.63) is 35.2 Å². The number of amides is 2. The van der Waals surface area contributed by atoms with E-state index >= 15 is 0 Å². The van der Waals surface area contributed by atoms with Crippen molar-refractivity contribution in [3.63, 3.8) is 0 Å². The molecule has 0 fully saturated rings. The highest BCUT2D eigenvalue weighted by atomic mass is 16.2. The van der Waals surface area contributed by atoms with Gasteiger partial charge in [-0.25, -0.2) is 4.79 Å². The number of aromatic nitrogens is 3. The van der Waals surface area contributed by atoms with Crippen molar-refractivity contribution in [2.24, 2.45) is 0 Å². The number of unbranched alkanes of at least 4 members (excludes halogenated alkanes) is 9. The van der Waals surface area contributed by atoms with Crippen LogP contribution < -0.4 is 10.6 Å². The number of nitrogens with zero attached hydrogens (tertiary/aromatic N) is 2. The van der Waals surface area contributed by atoms with Crippen molar-refractivity contribution >= 4 is 17.7 Å². The van der Waals surface area contributed by atoms with Crippen LogP contribution in [0.3, 0.4) is 0 Å². The minimum absolute atomic E-state index is 0.311. The van der Waals surface area contributed by atoms with Gasteiger partial charge in [0.25, 0.3) is 0 Å². The maximum Gasteiger partial charge on any atom is 0.326 e. The zero-order valence-corrected chi connectivity index (χ0v) is 21.5. The molecule has 2 rings (SSSR count). The molecule has 1 aromatic heterocycles. The first-order chi connectivity index (χ1) is 15.9. The summed E-state index contributed by atoms with van der Waals surface area (Å²) in [5, 5.41) is 13.0. The molecule has 1 heterocycles. The molecule has 3 N–H and O–H groups in total. The Morgan fingerprint density at radius 2 is 1.39 bits per heavy atom. The Morgan fingerprint density at radius 3 is 1.94 bits per heavy atom. The third-order valence-corrected chi connectivity index (χ3v) is 6.14. The van der Waals surface area contributed by atoms with Gasteiger partial charge in [-0.2, -0.15) is 4.98 Å². The Kier molecular flexibility index (Phi) is 12.0. The summed E-state index contributed by atoms with van der Waals surface area (Å²) in [4.78, 5) is 17.1. The summed E-state index contributed by atoms with van der Waals surface area (Å²) in [6.45, 7) is 10.8. The van der Waals surface area contributed by atoms with Crippen molar-refractivity contribution in [3.8, 4) is 0 Å². The Labute approximate surface area is 200 Å². The first-order valence-electron chi connectivity index (χ1n) is 13.0. The lowest BCUT2D eigenvalue weighted by molar-refractivity contribution is 0.262. The maximum atomic E-state index is 12.7. The predicted molar refractivity (Wildman–Crippen MR) is 139 cm³/mol. The van der Waals surface area contributed by atoms with Gasteiger partial charge in [-0.15, -0.1) is 5.10 Å². The molecule has 0 aliphatic carbocycles. The minimum Gasteiger partial charge on any atom is -0.307 e. The van der Waals surface area contributed by atoms with Crippen LogP contribution in [-0.2, 0) is 6.42 Å². The summed E-state index contributed by atoms with van der Waals surface area (Å²) in [5.41, 5.74) is 3.15. The van der Waals surface area contributed by atoms with Crippen LogP contribution in [0.25, 0.3) is 0 Å². The number of para-hydroxylation sites is 1. The van der Waals surface area contributed by atoms with Crippen molar-refractivity contribution in [2.75, 3.05) is 10.6 Å². The van der Waals surface area contributed by atoms with Gasteiger partial charge < -0.3 is 5.32 Å². The van der Waals surface area contributed by atoms with E-state index in [0.717, 1.165) is 35.5 Å². The summed E-state index contributed by atoms with van der Waals surface area (Å²) < 4.78 is 0. The highest BCUT2D eigenvalue weighted by Gasteiger charge is 2.16. The van der Waals surface area contributed by atoms with E-state index in [2.05, 4.69) is 78.6 Å². The topological polar surface area (TPSA) is 82.7 Å². The van der Waals surface area contributed by atoms with E-state index in [1.807, 2.05) is 0 Å². The summed E-state index contributed by atoms with van der Waals surface area (Å²) in [7, 11) is 0. The molecule has 0 atom stereocenters. The summed E-state index contributed by atoms with van der Waals surface area (Å²) in [6.07, 6.45) is 14.0. The molecule has 0 aliphatic heterocycles. The highest BCUT2D eigenvalue weighted by molar-refractivity contribution is 5.99. The number of H-pyrrole nitrogens is 1. The minimum atomic E-state index is -0.311. The van der Waals surface area contributed by atoms with Gasteiger partial charge in [0.15, 0.2) is 0 Å². The SMILES string of the molecule is CCCCCCCCCCCCc1nc(NC(=O)Nc2c(C(C)C)cccc2C(C)C)n[nH]1. The van der Waals surface area contributed by atoms with Crippen LogP contribution in [0.4, 0.5) is 16.4 Å². The highest BCUT2D eigenvalue weighted by Crippen LogP contribution is 2.32. The van der Waals surface area contributed by atoms with E-state index in [-0.39, 0.29) is 6.03 Å². The molecule has 184 valence electrons. The van der Waals surface area contributed by atoms with E-state index in [1.54, 1.807) is 0 Å². The number of nitrogens with one attached hydrogen (secondary N) is 3. The monoisotopic (exact) mass is 455 g/mol. The number of aromatic amines is 1. The van der Waals surface area contributed by atoms with Gasteiger partial charge in [-0.1, -0.05) is 111 Å². The molecule has 2 amide bonds. The smallest absolute Gasteiger partial charge is 0.307 e. The summed E-state index contributed by atoms with van der Waals surface area (Å²) in [6, 6.07) is 5.89. The van der Waals surface area contributed by atoms with Crippen molar-refractivity contribution in [1.29, 1.82) is 0 Å². The molecular weight excluding hydrogens is 410 g/mol. The largest absolute Gasteiger partial charge is 0.326 e. The van der Waals surface area contributed by atoms with Crippen LogP contribution in [-0.4, -0.2) is 21.2 Å². The second-order valence-electron chi connectivity index (χ2n) is 9.74. The molecule has 0 bridgehead atoms. The van der Waals surface area contributed by atoms with E-state index in [4.69, 9.17) is 0 Å². The number of carbonyl (C=O) groups excluding carboxylic acids is 1. The fraction of sp³-hybridized carbons (Fsp3) is 0.667. The number of urea groups is 1. The number of aryl methyl sites for hydroxylation is 1. The lowest BCUT2D eigenvalue weighted by Gasteiger charge is -2.20. The second kappa shape index (κ2) is 14.7. The normalized spacial score (nSPS) is 11.4. The van der Waals surface area contributed by atoms with Gasteiger partial charge in [-0.3, -0.25) is 10.4 Å². The Morgan fingerprint density at radius 1 is 0.848 bits per heavy atom. The number of hydrogen-bond acceptors (Lipinski definition) is 3. The van der Waals surface area contributed by atoms with Gasteiger partial charge in [-0.05, 0) is 29.4 Å². The standard InChI is InChI=1S/C27H45N5O/c1-6-7-8-9-10-11-12-13-14-15-19-24-28-26(32-31-24)30-27(33)29-25-22(20(2)3)17-16-18-23(25)21(4)5/h16-18,20-21H,6-15,19H2,1-5H3,(H3,28,29,30,31,32,33). The average Bonchev–Trinajstić information content (AvgIpc) is 3.21. The lowest BCUT2D eigenvalue weighted by atomic mass is 9.93. The van der Waals surface area contributed by atoms with Gasteiger partial charge >= 0.3 is 6.03 Å². The molecule has 1 aromatic carbocycles. The molecule has 0 saturated carbocycles. The van der Waals surface area contributed by atoms with Crippen LogP contribution >= 0.6 is 0 Å². The van der Waals surface area contributed by atoms with E-state index < -0.39 is 0 Å². The second-order valence-corrected chi connectivity index (χ2v) is 9.74. The fourth-order valence-electron chi connectivity index (χ4n) is 4.18. The Balaban J connectivity index is 1.75. The summed E-state index contributed by atoms with van der Waals surface area (Å²) in [5.74, 6) is 1.78. The van der Waals surface area contributed by atoms with E-state index in [0.29, 0.717) is 17.8 Å². The Bertz CT molecular complexity index is 801. The van der Waals surface area contributed by atoms with Crippen LogP contribution in [0.15, 0.2) is 18.2 Å². The molecular formula is C27H45N5O. The lowest BCUT2D eigenvalue weighted by Crippen LogP contribution is -2.22. The van der Waals surface area contributed by atoms with Crippen molar-refractivity contribution < 1.29 is 4.79 Å². The van der Waals surface area contributed by atoms with Crippen molar-refractivity contribution in [1.82, 2.24) is 15.2 Å². The van der Waals surface area contributed by atoms with Crippen LogP contribution in [0.1, 0.15) is 128 Å². The zero-order chi connectivity index (χ0) is 24.1. The Hall–Kier alpha value is -2.37. The summed E-state index contributed by atoms with van der Waals surface area (Å²) >= 11 is 0. The molecule has 0 saturated heterocycles. The van der Waals surface area contributed by atoms with E-state index in [9.17, 15) is 4.79 Å². The van der Waals surface area contributed by atoms with E-state index in [1.165, 1.54) is 57.8 Å². The van der Waals surface area contributed by atoms with Gasteiger partial charge in [0, 0.05) is 12.1 Å². The molecule has 6 heteroatoms. The molecule has 0 spiro atoms. The first kappa shape index (κ1) is 26.9. The number of anilines is 2. The third kappa shape index (κ3) is 9.56. The molecule has 0 radical (unpaired) electrons.